The van der Waals surface area contributed by atoms with Crippen molar-refractivity contribution >= 4 is 11.8 Å². The third-order valence-electron chi connectivity index (χ3n) is 5.25. The summed E-state index contributed by atoms with van der Waals surface area (Å²) in [7, 11) is 1.82. The molecule has 1 aliphatic carbocycles. The number of hydrogen-bond donors (Lipinski definition) is 1. The molecule has 2 rings (SSSR count). The van der Waals surface area contributed by atoms with E-state index in [1.54, 1.807) is 4.90 Å². The van der Waals surface area contributed by atoms with Gasteiger partial charge in [-0.15, -0.1) is 0 Å². The summed E-state index contributed by atoms with van der Waals surface area (Å²) in [5, 5.41) is 3.04. The standard InChI is InChI=1S/C21H32N2O2/c1-15(2)19(22-20(24)17-11-6-5-7-12-17)21(25)23(4)14-18-13-9-8-10-16(18)3/h8-10,13,15,17,19H,5-7,11-12,14H2,1-4H3,(H,22,24). The zero-order chi connectivity index (χ0) is 18.4. The molecule has 138 valence electrons. The minimum absolute atomic E-state index is 0.0117. The molecule has 0 bridgehead atoms. The number of rotatable bonds is 6. The van der Waals surface area contributed by atoms with Gasteiger partial charge in [0.05, 0.1) is 0 Å². The fourth-order valence-electron chi connectivity index (χ4n) is 3.51. The Morgan fingerprint density at radius 1 is 1.16 bits per heavy atom. The first-order valence-corrected chi connectivity index (χ1v) is 9.50. The van der Waals surface area contributed by atoms with E-state index in [1.807, 2.05) is 39.1 Å². The molecular formula is C21H32N2O2. The van der Waals surface area contributed by atoms with Gasteiger partial charge in [-0.05, 0) is 36.8 Å². The molecule has 0 aliphatic heterocycles. The van der Waals surface area contributed by atoms with E-state index in [4.69, 9.17) is 0 Å². The van der Waals surface area contributed by atoms with Gasteiger partial charge in [0, 0.05) is 19.5 Å². The average Bonchev–Trinajstić information content (AvgIpc) is 2.61. The third-order valence-corrected chi connectivity index (χ3v) is 5.25. The fourth-order valence-corrected chi connectivity index (χ4v) is 3.51. The van der Waals surface area contributed by atoms with Gasteiger partial charge in [-0.2, -0.15) is 0 Å². The number of amides is 2. The van der Waals surface area contributed by atoms with Crippen LogP contribution in [0.4, 0.5) is 0 Å². The van der Waals surface area contributed by atoms with Gasteiger partial charge in [0.25, 0.3) is 0 Å². The largest absolute Gasteiger partial charge is 0.344 e. The van der Waals surface area contributed by atoms with E-state index in [9.17, 15) is 9.59 Å². The number of hydrogen-bond acceptors (Lipinski definition) is 2. The second-order valence-corrected chi connectivity index (χ2v) is 7.69. The van der Waals surface area contributed by atoms with Crippen LogP contribution in [0, 0.1) is 18.8 Å². The highest BCUT2D eigenvalue weighted by Crippen LogP contribution is 2.24. The Morgan fingerprint density at radius 3 is 2.40 bits per heavy atom. The quantitative estimate of drug-likeness (QED) is 0.856. The van der Waals surface area contributed by atoms with Crippen LogP contribution >= 0.6 is 0 Å². The van der Waals surface area contributed by atoms with E-state index in [0.29, 0.717) is 6.54 Å². The van der Waals surface area contributed by atoms with Crippen molar-refractivity contribution < 1.29 is 9.59 Å². The zero-order valence-electron chi connectivity index (χ0n) is 16.0. The van der Waals surface area contributed by atoms with Gasteiger partial charge in [-0.1, -0.05) is 57.4 Å². The molecule has 1 N–H and O–H groups in total. The lowest BCUT2D eigenvalue weighted by Crippen LogP contribution is -2.51. The molecule has 0 radical (unpaired) electrons. The number of benzene rings is 1. The van der Waals surface area contributed by atoms with E-state index >= 15 is 0 Å². The molecular weight excluding hydrogens is 312 g/mol. The minimum atomic E-state index is -0.455. The van der Waals surface area contributed by atoms with Gasteiger partial charge in [0.1, 0.15) is 6.04 Å². The van der Waals surface area contributed by atoms with Crippen molar-refractivity contribution in [3.8, 4) is 0 Å². The smallest absolute Gasteiger partial charge is 0.245 e. The van der Waals surface area contributed by atoms with Crippen LogP contribution in [0.15, 0.2) is 24.3 Å². The van der Waals surface area contributed by atoms with Gasteiger partial charge in [-0.25, -0.2) is 0 Å². The molecule has 1 aromatic carbocycles. The Balaban J connectivity index is 2.01. The molecule has 1 aromatic rings. The van der Waals surface area contributed by atoms with Crippen molar-refractivity contribution in [3.63, 3.8) is 0 Å². The number of aryl methyl sites for hydroxylation is 1. The van der Waals surface area contributed by atoms with Crippen LogP contribution in [0.1, 0.15) is 57.1 Å². The van der Waals surface area contributed by atoms with Crippen molar-refractivity contribution in [1.29, 1.82) is 0 Å². The minimum Gasteiger partial charge on any atom is -0.344 e. The summed E-state index contributed by atoms with van der Waals surface area (Å²) >= 11 is 0. The molecule has 1 unspecified atom stereocenters. The van der Waals surface area contributed by atoms with Gasteiger partial charge >= 0.3 is 0 Å². The average molecular weight is 344 g/mol. The maximum Gasteiger partial charge on any atom is 0.245 e. The number of carbonyl (C=O) groups is 2. The summed E-state index contributed by atoms with van der Waals surface area (Å²) in [5.74, 6) is 0.183. The van der Waals surface area contributed by atoms with Crippen LogP contribution in [0.5, 0.6) is 0 Å². The molecule has 1 fully saturated rings. The molecule has 1 atom stereocenters. The highest BCUT2D eigenvalue weighted by atomic mass is 16.2. The van der Waals surface area contributed by atoms with Crippen molar-refractivity contribution in [2.24, 2.45) is 11.8 Å². The molecule has 0 spiro atoms. The molecule has 25 heavy (non-hydrogen) atoms. The zero-order valence-corrected chi connectivity index (χ0v) is 16.0. The lowest BCUT2D eigenvalue weighted by Gasteiger charge is -2.29. The number of likely N-dealkylation sites (N-methyl/N-ethyl adjacent to an activating group) is 1. The molecule has 0 heterocycles. The van der Waals surface area contributed by atoms with Gasteiger partial charge in [0.15, 0.2) is 0 Å². The summed E-state index contributed by atoms with van der Waals surface area (Å²) in [6, 6.07) is 7.64. The first-order valence-electron chi connectivity index (χ1n) is 9.50. The second-order valence-electron chi connectivity index (χ2n) is 7.69. The molecule has 1 aliphatic rings. The first kappa shape index (κ1) is 19.5. The van der Waals surface area contributed by atoms with Crippen LogP contribution in [-0.4, -0.2) is 29.8 Å². The van der Waals surface area contributed by atoms with E-state index in [-0.39, 0.29) is 23.7 Å². The van der Waals surface area contributed by atoms with Crippen molar-refractivity contribution in [1.82, 2.24) is 10.2 Å². The van der Waals surface area contributed by atoms with Gasteiger partial charge in [0.2, 0.25) is 11.8 Å². The normalized spacial score (nSPS) is 16.5. The number of nitrogens with one attached hydrogen (secondary N) is 1. The summed E-state index contributed by atoms with van der Waals surface area (Å²) in [6.07, 6.45) is 5.35. The van der Waals surface area contributed by atoms with Crippen LogP contribution in [0.25, 0.3) is 0 Å². The first-order chi connectivity index (χ1) is 11.9. The predicted octanol–water partition coefficient (Wildman–Crippen LogP) is 3.67. The van der Waals surface area contributed by atoms with Crippen LogP contribution < -0.4 is 5.32 Å². The highest BCUT2D eigenvalue weighted by molar-refractivity contribution is 5.88. The van der Waals surface area contributed by atoms with Crippen LogP contribution in [0.2, 0.25) is 0 Å². The molecule has 0 aromatic heterocycles. The van der Waals surface area contributed by atoms with E-state index in [1.165, 1.54) is 12.0 Å². The van der Waals surface area contributed by atoms with Crippen molar-refractivity contribution in [2.45, 2.75) is 65.5 Å². The maximum absolute atomic E-state index is 12.9. The number of carbonyl (C=O) groups excluding carboxylic acids is 2. The lowest BCUT2D eigenvalue weighted by atomic mass is 9.88. The van der Waals surface area contributed by atoms with E-state index in [2.05, 4.69) is 18.3 Å². The Hall–Kier alpha value is -1.84. The number of nitrogens with zero attached hydrogens (tertiary/aromatic N) is 1. The topological polar surface area (TPSA) is 49.4 Å². The SMILES string of the molecule is Cc1ccccc1CN(C)C(=O)C(NC(=O)C1CCCCC1)C(C)C. The van der Waals surface area contributed by atoms with Crippen LogP contribution in [-0.2, 0) is 16.1 Å². The van der Waals surface area contributed by atoms with E-state index < -0.39 is 6.04 Å². The Morgan fingerprint density at radius 2 is 1.80 bits per heavy atom. The fraction of sp³-hybridized carbons (Fsp3) is 0.619. The van der Waals surface area contributed by atoms with E-state index in [0.717, 1.165) is 31.2 Å². The van der Waals surface area contributed by atoms with Crippen molar-refractivity contribution in [2.75, 3.05) is 7.05 Å². The van der Waals surface area contributed by atoms with Gasteiger partial charge < -0.3 is 10.2 Å². The highest BCUT2D eigenvalue weighted by Gasteiger charge is 2.30. The third kappa shape index (κ3) is 5.32. The van der Waals surface area contributed by atoms with Crippen LogP contribution in [0.3, 0.4) is 0 Å². The summed E-state index contributed by atoms with van der Waals surface area (Å²) in [4.78, 5) is 27.2. The molecule has 4 nitrogen and oxygen atoms in total. The Bertz CT molecular complexity index is 591. The van der Waals surface area contributed by atoms with Crippen molar-refractivity contribution in [3.05, 3.63) is 35.4 Å². The Labute approximate surface area is 152 Å². The lowest BCUT2D eigenvalue weighted by molar-refractivity contribution is -0.138. The molecule has 0 saturated heterocycles. The second kappa shape index (κ2) is 9.02. The summed E-state index contributed by atoms with van der Waals surface area (Å²) in [5.41, 5.74) is 2.31. The Kier molecular flexibility index (Phi) is 7.03. The summed E-state index contributed by atoms with van der Waals surface area (Å²) in [6.45, 7) is 6.60. The summed E-state index contributed by atoms with van der Waals surface area (Å²) < 4.78 is 0. The van der Waals surface area contributed by atoms with Gasteiger partial charge in [-0.3, -0.25) is 9.59 Å². The molecule has 2 amide bonds. The maximum atomic E-state index is 12.9. The monoisotopic (exact) mass is 344 g/mol. The molecule has 1 saturated carbocycles. The predicted molar refractivity (Wildman–Crippen MR) is 101 cm³/mol. The molecule has 4 heteroatoms.